The number of hydrogen-bond donors (Lipinski definition) is 0. The van der Waals surface area contributed by atoms with Crippen LogP contribution in [0.1, 0.15) is 36.5 Å². The summed E-state index contributed by atoms with van der Waals surface area (Å²) in [7, 11) is 0. The second kappa shape index (κ2) is 10.3. The number of carbonyl (C=O) groups excluding carboxylic acids is 3. The molecule has 0 aliphatic carbocycles. The second-order valence-electron chi connectivity index (χ2n) is 8.97. The maximum absolute atomic E-state index is 13.2. The lowest BCUT2D eigenvalue weighted by atomic mass is 10.1. The first-order valence-electron chi connectivity index (χ1n) is 11.9. The molecular weight excluding hydrogens is 517 g/mol. The lowest BCUT2D eigenvalue weighted by Crippen LogP contribution is -2.30. The predicted molar refractivity (Wildman–Crippen MR) is 145 cm³/mol. The Hall–Kier alpha value is -2.74. The highest BCUT2D eigenvalue weighted by Crippen LogP contribution is 2.36. The molecule has 0 atom stereocenters. The van der Waals surface area contributed by atoms with Crippen LogP contribution in [0.3, 0.4) is 0 Å². The predicted octanol–water partition coefficient (Wildman–Crippen LogP) is 6.37. The third-order valence-corrected chi connectivity index (χ3v) is 8.16. The summed E-state index contributed by atoms with van der Waals surface area (Å²) in [6.45, 7) is 4.01. The van der Waals surface area contributed by atoms with Crippen LogP contribution in [0.5, 0.6) is 0 Å². The average Bonchev–Trinajstić information content (AvgIpc) is 3.57. The zero-order valence-electron chi connectivity index (χ0n) is 19.8. The van der Waals surface area contributed by atoms with Gasteiger partial charge in [0.2, 0.25) is 5.91 Å². The van der Waals surface area contributed by atoms with Crippen LogP contribution in [-0.2, 0) is 29.1 Å². The monoisotopic (exact) mass is 541 g/mol. The zero-order chi connectivity index (χ0) is 25.4. The third kappa shape index (κ3) is 4.80. The van der Waals surface area contributed by atoms with Crippen LogP contribution in [-0.4, -0.2) is 44.5 Å². The molecule has 0 radical (unpaired) electrons. The number of rotatable bonds is 6. The summed E-state index contributed by atoms with van der Waals surface area (Å²) >= 11 is 13.2. The number of fused-ring (bicyclic) bond motifs is 1. The van der Waals surface area contributed by atoms with Crippen molar-refractivity contribution in [2.24, 2.45) is 0 Å². The van der Waals surface area contributed by atoms with Crippen LogP contribution in [0.2, 0.25) is 10.0 Å². The van der Waals surface area contributed by atoms with Gasteiger partial charge in [-0.05, 0) is 60.4 Å². The molecule has 0 unspecified atom stereocenters. The lowest BCUT2D eigenvalue weighted by Gasteiger charge is -2.16. The Morgan fingerprint density at radius 1 is 1.08 bits per heavy atom. The summed E-state index contributed by atoms with van der Waals surface area (Å²) in [4.78, 5) is 42.3. The Balaban J connectivity index is 1.47. The molecule has 2 aliphatic heterocycles. The van der Waals surface area contributed by atoms with Crippen LogP contribution in [0.4, 0.5) is 4.79 Å². The number of hydrogen-bond acceptors (Lipinski definition) is 4. The van der Waals surface area contributed by atoms with Gasteiger partial charge in [-0.3, -0.25) is 19.3 Å². The molecule has 3 heterocycles. The summed E-state index contributed by atoms with van der Waals surface area (Å²) in [5, 5.41) is 1.50. The molecule has 0 spiro atoms. The molecule has 2 saturated heterocycles. The molecule has 6 nitrogen and oxygen atoms in total. The topological polar surface area (TPSA) is 62.6 Å². The van der Waals surface area contributed by atoms with Crippen molar-refractivity contribution < 1.29 is 14.4 Å². The number of halogens is 2. The molecule has 9 heteroatoms. The molecule has 0 bridgehead atoms. The maximum Gasteiger partial charge on any atom is 0.293 e. The van der Waals surface area contributed by atoms with Crippen molar-refractivity contribution in [3.63, 3.8) is 0 Å². The number of carbonyl (C=O) groups is 3. The van der Waals surface area contributed by atoms with Gasteiger partial charge in [-0.15, -0.1) is 0 Å². The molecule has 2 fully saturated rings. The number of para-hydroxylation sites is 1. The summed E-state index contributed by atoms with van der Waals surface area (Å²) in [5.41, 5.74) is 3.58. The van der Waals surface area contributed by atoms with Crippen LogP contribution in [0.25, 0.3) is 17.0 Å². The van der Waals surface area contributed by atoms with E-state index in [1.165, 1.54) is 4.90 Å². The van der Waals surface area contributed by atoms with Gasteiger partial charge in [0.25, 0.3) is 11.1 Å². The molecule has 186 valence electrons. The summed E-state index contributed by atoms with van der Waals surface area (Å²) in [5.74, 6) is -0.265. The van der Waals surface area contributed by atoms with Crippen LogP contribution < -0.4 is 0 Å². The molecule has 2 aliphatic rings. The molecule has 0 saturated carbocycles. The fourth-order valence-corrected chi connectivity index (χ4v) is 6.10. The first-order valence-corrected chi connectivity index (χ1v) is 13.5. The Labute approximate surface area is 223 Å². The van der Waals surface area contributed by atoms with Gasteiger partial charge in [0.15, 0.2) is 0 Å². The molecule has 0 N–H and O–H groups in total. The smallest absolute Gasteiger partial charge is 0.293 e. The van der Waals surface area contributed by atoms with Gasteiger partial charge in [-0.1, -0.05) is 54.4 Å². The van der Waals surface area contributed by atoms with E-state index >= 15 is 0 Å². The number of benzene rings is 2. The number of thioether (sulfide) groups is 1. The summed E-state index contributed by atoms with van der Waals surface area (Å²) < 4.78 is 1.98. The number of aryl methyl sites for hydroxylation is 1. The lowest BCUT2D eigenvalue weighted by molar-refractivity contribution is -0.130. The largest absolute Gasteiger partial charge is 0.341 e. The fraction of sp³-hybridized carbons (Fsp3) is 0.296. The minimum absolute atomic E-state index is 0.0735. The normalized spacial score (nSPS) is 17.2. The number of imide groups is 1. The number of nitrogens with zero attached hydrogens (tertiary/aromatic N) is 3. The summed E-state index contributed by atoms with van der Waals surface area (Å²) in [6.07, 6.45) is 6.58. The van der Waals surface area contributed by atoms with Crippen LogP contribution in [0, 0.1) is 0 Å². The molecule has 5 rings (SSSR count). The second-order valence-corrected chi connectivity index (χ2v) is 10.8. The Morgan fingerprint density at radius 2 is 1.86 bits per heavy atom. The maximum atomic E-state index is 13.2. The highest BCUT2D eigenvalue weighted by Gasteiger charge is 2.35. The van der Waals surface area contributed by atoms with E-state index in [4.69, 9.17) is 23.2 Å². The minimum Gasteiger partial charge on any atom is -0.341 e. The molecular formula is C27H25Cl2N3O3S. The highest BCUT2D eigenvalue weighted by molar-refractivity contribution is 8.18. The fourth-order valence-electron chi connectivity index (χ4n) is 4.80. The Kier molecular flexibility index (Phi) is 7.15. The summed E-state index contributed by atoms with van der Waals surface area (Å²) in [6, 6.07) is 11.0. The van der Waals surface area contributed by atoms with Crippen LogP contribution >= 0.6 is 35.0 Å². The van der Waals surface area contributed by atoms with Gasteiger partial charge in [-0.25, -0.2) is 0 Å². The van der Waals surface area contributed by atoms with Crippen molar-refractivity contribution >= 4 is 69.0 Å². The minimum atomic E-state index is -0.364. The van der Waals surface area contributed by atoms with Gasteiger partial charge in [0.05, 0.1) is 17.0 Å². The van der Waals surface area contributed by atoms with Gasteiger partial charge in [0.1, 0.15) is 6.54 Å². The van der Waals surface area contributed by atoms with Crippen molar-refractivity contribution in [3.05, 3.63) is 74.2 Å². The molecule has 1 aromatic heterocycles. The Bertz CT molecular complexity index is 1410. The molecule has 3 aromatic rings. The molecule has 3 amide bonds. The van der Waals surface area contributed by atoms with E-state index in [1.807, 2.05) is 27.8 Å². The first kappa shape index (κ1) is 24.9. The van der Waals surface area contributed by atoms with E-state index in [-0.39, 0.29) is 30.1 Å². The van der Waals surface area contributed by atoms with E-state index in [0.29, 0.717) is 20.5 Å². The number of amides is 3. The van der Waals surface area contributed by atoms with E-state index in [2.05, 4.69) is 13.0 Å². The van der Waals surface area contributed by atoms with Gasteiger partial charge in [0, 0.05) is 40.3 Å². The molecule has 36 heavy (non-hydrogen) atoms. The highest BCUT2D eigenvalue weighted by atomic mass is 35.5. The van der Waals surface area contributed by atoms with Crippen LogP contribution in [0.15, 0.2) is 47.5 Å². The van der Waals surface area contributed by atoms with Gasteiger partial charge >= 0.3 is 0 Å². The number of likely N-dealkylation sites (tertiary alicyclic amines) is 1. The van der Waals surface area contributed by atoms with E-state index in [1.54, 1.807) is 24.3 Å². The van der Waals surface area contributed by atoms with E-state index < -0.39 is 0 Å². The van der Waals surface area contributed by atoms with Crippen molar-refractivity contribution in [2.45, 2.75) is 39.3 Å². The van der Waals surface area contributed by atoms with E-state index in [9.17, 15) is 14.4 Å². The van der Waals surface area contributed by atoms with Gasteiger partial charge in [-0.2, -0.15) is 0 Å². The molecule has 2 aromatic carbocycles. The zero-order valence-corrected chi connectivity index (χ0v) is 22.1. The van der Waals surface area contributed by atoms with E-state index in [0.717, 1.165) is 66.1 Å². The van der Waals surface area contributed by atoms with Gasteiger partial charge < -0.3 is 9.47 Å². The standard InChI is InChI=1S/C27H25Cl2N3O3S/c1-2-17-6-5-7-21-19(14-31(25(17)21)16-24(33)30-10-3-4-11-30)12-23-26(34)32(27(35)36-23)15-18-8-9-20(28)13-22(18)29/h5-9,12-14H,2-4,10-11,15-16H2,1H3/b23-12-. The van der Waals surface area contributed by atoms with Crippen molar-refractivity contribution in [3.8, 4) is 0 Å². The quantitative estimate of drug-likeness (QED) is 0.340. The Morgan fingerprint density at radius 3 is 2.58 bits per heavy atom. The van der Waals surface area contributed by atoms with Crippen molar-refractivity contribution in [1.82, 2.24) is 14.4 Å². The SMILES string of the molecule is CCc1cccc2c(/C=C3\SC(=O)N(Cc4ccc(Cl)cc4Cl)C3=O)cn(CC(=O)N3CCCC3)c12. The average molecular weight is 542 g/mol. The number of aromatic nitrogens is 1. The third-order valence-electron chi connectivity index (χ3n) is 6.66. The first-order chi connectivity index (χ1) is 17.4. The van der Waals surface area contributed by atoms with Crippen molar-refractivity contribution in [1.29, 1.82) is 0 Å². The van der Waals surface area contributed by atoms with Crippen molar-refractivity contribution in [2.75, 3.05) is 13.1 Å².